The van der Waals surface area contributed by atoms with Crippen molar-refractivity contribution in [2.75, 3.05) is 13.2 Å². The van der Waals surface area contributed by atoms with Gasteiger partial charge in [0.2, 0.25) is 0 Å². The molecule has 32 heavy (non-hydrogen) atoms. The molecule has 4 N–H and O–H groups in total. The number of benzene rings is 2. The summed E-state index contributed by atoms with van der Waals surface area (Å²) in [4.78, 5) is 40.2. The van der Waals surface area contributed by atoms with Crippen LogP contribution in [0.1, 0.15) is 47.2 Å². The van der Waals surface area contributed by atoms with E-state index in [9.17, 15) is 14.4 Å². The first-order valence-corrected chi connectivity index (χ1v) is 10.2. The minimum absolute atomic E-state index is 0.0549. The summed E-state index contributed by atoms with van der Waals surface area (Å²) >= 11 is 0. The Hall–Kier alpha value is -3.88. The summed E-state index contributed by atoms with van der Waals surface area (Å²) < 4.78 is 15.1. The first-order valence-electron chi connectivity index (χ1n) is 10.2. The Morgan fingerprint density at radius 2 is 1.81 bits per heavy atom. The van der Waals surface area contributed by atoms with Crippen LogP contribution in [-0.2, 0) is 25.5 Å². The molecular weight excluding hydrogens is 414 g/mol. The third-order valence-corrected chi connectivity index (χ3v) is 4.92. The number of carbonyl (C=O) groups excluding carboxylic acids is 3. The largest absolute Gasteiger partial charge is 0.463 e. The topological polar surface area (TPSA) is 143 Å². The van der Waals surface area contributed by atoms with Crippen LogP contribution in [0.15, 0.2) is 47.5 Å². The highest BCUT2D eigenvalue weighted by Crippen LogP contribution is 2.35. The van der Waals surface area contributed by atoms with Crippen molar-refractivity contribution in [1.82, 2.24) is 0 Å². The number of fused-ring (bicyclic) bond motifs is 1. The van der Waals surface area contributed by atoms with Gasteiger partial charge in [-0.25, -0.2) is 14.6 Å². The second kappa shape index (κ2) is 10.4. The molecule has 0 saturated heterocycles. The van der Waals surface area contributed by atoms with Crippen molar-refractivity contribution in [2.24, 2.45) is 16.5 Å². The average Bonchev–Trinajstić information content (AvgIpc) is 2.77. The Labute approximate surface area is 185 Å². The van der Waals surface area contributed by atoms with Gasteiger partial charge in [-0.3, -0.25) is 4.79 Å². The molecule has 2 aromatic rings. The highest BCUT2D eigenvalue weighted by atomic mass is 16.6. The Bertz CT molecular complexity index is 1030. The smallest absolute Gasteiger partial charge is 0.344 e. The third-order valence-electron chi connectivity index (χ3n) is 4.92. The summed E-state index contributed by atoms with van der Waals surface area (Å²) in [5, 5.41) is 0. The van der Waals surface area contributed by atoms with Gasteiger partial charge in [0, 0.05) is 0 Å². The zero-order valence-corrected chi connectivity index (χ0v) is 17.7. The molecule has 0 saturated carbocycles. The number of hydrogen-bond acceptors (Lipinski definition) is 7. The fourth-order valence-corrected chi connectivity index (χ4v) is 3.51. The number of aliphatic imine (C=N–C) groups is 1. The van der Waals surface area contributed by atoms with Crippen molar-refractivity contribution in [3.8, 4) is 5.75 Å². The van der Waals surface area contributed by atoms with Crippen LogP contribution in [0.3, 0.4) is 0 Å². The molecule has 2 aromatic carbocycles. The Morgan fingerprint density at radius 1 is 1.06 bits per heavy atom. The van der Waals surface area contributed by atoms with E-state index in [4.69, 9.17) is 25.7 Å². The van der Waals surface area contributed by atoms with Gasteiger partial charge < -0.3 is 25.7 Å². The zero-order chi connectivity index (χ0) is 23.1. The number of ether oxygens (including phenoxy) is 3. The zero-order valence-electron chi connectivity index (χ0n) is 17.7. The third kappa shape index (κ3) is 5.84. The lowest BCUT2D eigenvalue weighted by atomic mass is 9.82. The van der Waals surface area contributed by atoms with E-state index >= 15 is 0 Å². The maximum absolute atomic E-state index is 12.9. The summed E-state index contributed by atoms with van der Waals surface area (Å²) in [5.74, 6) is -1.90. The first kappa shape index (κ1) is 22.8. The normalized spacial score (nSPS) is 14.6. The second-order valence-electron chi connectivity index (χ2n) is 7.19. The Kier molecular flexibility index (Phi) is 7.43. The van der Waals surface area contributed by atoms with Crippen molar-refractivity contribution in [1.29, 1.82) is 0 Å². The molecule has 0 radical (unpaired) electrons. The number of aryl methyl sites for hydroxylation is 1. The minimum Gasteiger partial charge on any atom is -0.463 e. The number of nitrogens with two attached hydrogens (primary N) is 2. The lowest BCUT2D eigenvalue weighted by Crippen LogP contribution is -2.23. The standard InChI is InChI=1S/C23H25N3O6/c1-2-30-20(27)13-31-21(28)15-7-10-17(11-8-15)32-22(29)18-5-3-4-14-6-9-16(12-19(14)18)26-23(24)25/h6-12,18H,2-5,13H2,1H3,(H4,24,25,26). The quantitative estimate of drug-likeness (QED) is 0.290. The predicted octanol–water partition coefficient (Wildman–Crippen LogP) is 2.34. The molecule has 3 rings (SSSR count). The lowest BCUT2D eigenvalue weighted by molar-refractivity contribution is -0.146. The predicted molar refractivity (Wildman–Crippen MR) is 117 cm³/mol. The van der Waals surface area contributed by atoms with E-state index in [2.05, 4.69) is 4.99 Å². The SMILES string of the molecule is CCOC(=O)COC(=O)c1ccc(OC(=O)C2CCCc3ccc(N=C(N)N)cc32)cc1. The van der Waals surface area contributed by atoms with Gasteiger partial charge in [-0.05, 0) is 73.7 Å². The minimum atomic E-state index is -0.676. The van der Waals surface area contributed by atoms with Crippen molar-refractivity contribution >= 4 is 29.6 Å². The van der Waals surface area contributed by atoms with Gasteiger partial charge in [-0.2, -0.15) is 0 Å². The van der Waals surface area contributed by atoms with E-state index in [-0.39, 0.29) is 18.1 Å². The number of hydrogen-bond donors (Lipinski definition) is 2. The number of esters is 3. The fourth-order valence-electron chi connectivity index (χ4n) is 3.51. The van der Waals surface area contributed by atoms with E-state index in [1.165, 1.54) is 24.3 Å². The summed E-state index contributed by atoms with van der Waals surface area (Å²) in [7, 11) is 0. The number of guanidine groups is 1. The van der Waals surface area contributed by atoms with Crippen LogP contribution in [0, 0.1) is 0 Å². The van der Waals surface area contributed by atoms with Crippen molar-refractivity contribution in [3.63, 3.8) is 0 Å². The van der Waals surface area contributed by atoms with E-state index in [1.54, 1.807) is 6.92 Å². The summed E-state index contributed by atoms with van der Waals surface area (Å²) in [6, 6.07) is 11.5. The molecule has 1 atom stereocenters. The lowest BCUT2D eigenvalue weighted by Gasteiger charge is -2.24. The van der Waals surface area contributed by atoms with Crippen molar-refractivity contribution in [2.45, 2.75) is 32.1 Å². The molecule has 0 bridgehead atoms. The van der Waals surface area contributed by atoms with E-state index in [0.717, 1.165) is 24.0 Å². The highest BCUT2D eigenvalue weighted by molar-refractivity contribution is 5.91. The first-order chi connectivity index (χ1) is 15.4. The van der Waals surface area contributed by atoms with Gasteiger partial charge in [-0.1, -0.05) is 6.07 Å². The van der Waals surface area contributed by atoms with Crippen LogP contribution < -0.4 is 16.2 Å². The molecule has 1 unspecified atom stereocenters. The molecule has 1 aliphatic carbocycles. The summed E-state index contributed by atoms with van der Waals surface area (Å²) in [6.45, 7) is 1.40. The van der Waals surface area contributed by atoms with E-state index in [1.807, 2.05) is 18.2 Å². The molecule has 0 heterocycles. The average molecular weight is 439 g/mol. The van der Waals surface area contributed by atoms with Gasteiger partial charge in [0.15, 0.2) is 12.6 Å². The van der Waals surface area contributed by atoms with Gasteiger partial charge in [0.1, 0.15) is 5.75 Å². The number of carbonyl (C=O) groups is 3. The van der Waals surface area contributed by atoms with Gasteiger partial charge in [0.05, 0.1) is 23.8 Å². The molecule has 0 spiro atoms. The van der Waals surface area contributed by atoms with Crippen molar-refractivity contribution < 1.29 is 28.6 Å². The van der Waals surface area contributed by atoms with Crippen LogP contribution in [0.5, 0.6) is 5.75 Å². The molecule has 0 fully saturated rings. The maximum Gasteiger partial charge on any atom is 0.344 e. The van der Waals surface area contributed by atoms with E-state index in [0.29, 0.717) is 17.9 Å². The molecule has 0 aromatic heterocycles. The van der Waals surface area contributed by atoms with Gasteiger partial charge >= 0.3 is 17.9 Å². The summed E-state index contributed by atoms with van der Waals surface area (Å²) in [6.07, 6.45) is 2.37. The molecule has 9 nitrogen and oxygen atoms in total. The molecule has 168 valence electrons. The Morgan fingerprint density at radius 3 is 2.50 bits per heavy atom. The number of rotatable bonds is 7. The maximum atomic E-state index is 12.9. The van der Waals surface area contributed by atoms with Crippen LogP contribution >= 0.6 is 0 Å². The second-order valence-corrected chi connectivity index (χ2v) is 7.19. The van der Waals surface area contributed by atoms with Crippen LogP contribution in [0.2, 0.25) is 0 Å². The van der Waals surface area contributed by atoms with Crippen LogP contribution in [-0.4, -0.2) is 37.1 Å². The molecule has 9 heteroatoms. The molecular formula is C23H25N3O6. The van der Waals surface area contributed by atoms with Gasteiger partial charge in [-0.15, -0.1) is 0 Å². The van der Waals surface area contributed by atoms with Gasteiger partial charge in [0.25, 0.3) is 0 Å². The van der Waals surface area contributed by atoms with Crippen molar-refractivity contribution in [3.05, 3.63) is 59.2 Å². The van der Waals surface area contributed by atoms with Crippen LogP contribution in [0.4, 0.5) is 5.69 Å². The Balaban J connectivity index is 1.66. The molecule has 1 aliphatic rings. The highest BCUT2D eigenvalue weighted by Gasteiger charge is 2.28. The summed E-state index contributed by atoms with van der Waals surface area (Å²) in [5.41, 5.74) is 13.6. The molecule has 0 amide bonds. The van der Waals surface area contributed by atoms with Crippen LogP contribution in [0.25, 0.3) is 0 Å². The molecule has 0 aliphatic heterocycles. The number of nitrogens with zero attached hydrogens (tertiary/aromatic N) is 1. The fraction of sp³-hybridized carbons (Fsp3) is 0.304. The monoisotopic (exact) mass is 439 g/mol. The van der Waals surface area contributed by atoms with E-state index < -0.39 is 30.4 Å².